The van der Waals surface area contributed by atoms with E-state index in [0.29, 0.717) is 11.4 Å². The first-order valence-corrected chi connectivity index (χ1v) is 6.74. The summed E-state index contributed by atoms with van der Waals surface area (Å²) in [6.07, 6.45) is 1.56. The molecule has 0 heterocycles. The van der Waals surface area contributed by atoms with Gasteiger partial charge in [-0.2, -0.15) is 0 Å². The van der Waals surface area contributed by atoms with E-state index in [0.717, 1.165) is 12.2 Å². The first kappa shape index (κ1) is 18.6. The monoisotopic (exact) mass is 332 g/mol. The molecule has 0 bridgehead atoms. The van der Waals surface area contributed by atoms with Crippen LogP contribution in [0.5, 0.6) is 0 Å². The lowest BCUT2D eigenvalue weighted by Crippen LogP contribution is -2.15. The molecule has 8 nitrogen and oxygen atoms in total. The third kappa shape index (κ3) is 6.14. The molecular weight excluding hydrogens is 316 g/mol. The van der Waals surface area contributed by atoms with E-state index >= 15 is 0 Å². The Kier molecular flexibility index (Phi) is 6.42. The minimum Gasteiger partial charge on any atom is -0.478 e. The summed E-state index contributed by atoms with van der Waals surface area (Å²) in [6, 6.07) is 6.14. The lowest BCUT2D eigenvalue weighted by atomic mass is 10.2. The molecule has 0 aliphatic heterocycles. The molecule has 1 aromatic carbocycles. The van der Waals surface area contributed by atoms with Crippen molar-refractivity contribution in [1.82, 2.24) is 0 Å². The number of aliphatic carboxylic acids is 2. The van der Waals surface area contributed by atoms with E-state index in [9.17, 15) is 19.2 Å². The first-order valence-electron chi connectivity index (χ1n) is 6.74. The maximum absolute atomic E-state index is 11.8. The third-order valence-corrected chi connectivity index (χ3v) is 2.77. The second-order valence-corrected chi connectivity index (χ2v) is 4.82. The molecule has 0 spiro atoms. The minimum absolute atomic E-state index is 0.0113. The topological polar surface area (TPSA) is 133 Å². The zero-order valence-electron chi connectivity index (χ0n) is 13.0. The number of carbonyl (C=O) groups excluding carboxylic acids is 2. The van der Waals surface area contributed by atoms with Gasteiger partial charge in [-0.05, 0) is 32.0 Å². The Morgan fingerprint density at radius 1 is 0.833 bits per heavy atom. The largest absolute Gasteiger partial charge is 0.478 e. The summed E-state index contributed by atoms with van der Waals surface area (Å²) in [5, 5.41) is 22.2. The summed E-state index contributed by atoms with van der Waals surface area (Å²) >= 11 is 0. The van der Waals surface area contributed by atoms with Crippen LogP contribution in [0.15, 0.2) is 47.6 Å². The van der Waals surface area contributed by atoms with Crippen molar-refractivity contribution in [2.75, 3.05) is 10.6 Å². The van der Waals surface area contributed by atoms with Crippen LogP contribution in [0, 0.1) is 0 Å². The highest BCUT2D eigenvalue weighted by Gasteiger charge is 2.09. The Morgan fingerprint density at radius 3 is 1.54 bits per heavy atom. The van der Waals surface area contributed by atoms with Gasteiger partial charge in [-0.1, -0.05) is 6.07 Å². The van der Waals surface area contributed by atoms with Gasteiger partial charge in [0, 0.05) is 34.7 Å². The predicted molar refractivity (Wildman–Crippen MR) is 86.5 cm³/mol. The molecule has 0 radical (unpaired) electrons. The normalized spacial score (nSPS) is 11.6. The van der Waals surface area contributed by atoms with E-state index < -0.39 is 23.8 Å². The van der Waals surface area contributed by atoms with E-state index in [1.807, 2.05) is 0 Å². The summed E-state index contributed by atoms with van der Waals surface area (Å²) in [5.41, 5.74) is 0.709. The van der Waals surface area contributed by atoms with Crippen LogP contribution in [-0.4, -0.2) is 34.0 Å². The Hall–Kier alpha value is -3.42. The number of carboxylic acid groups (broad SMARTS) is 2. The van der Waals surface area contributed by atoms with Crippen molar-refractivity contribution in [1.29, 1.82) is 0 Å². The molecule has 1 aromatic rings. The van der Waals surface area contributed by atoms with E-state index in [2.05, 4.69) is 10.6 Å². The number of benzene rings is 1. The van der Waals surface area contributed by atoms with E-state index in [-0.39, 0.29) is 11.1 Å². The molecule has 24 heavy (non-hydrogen) atoms. The highest BCUT2D eigenvalue weighted by Crippen LogP contribution is 2.16. The number of hydrogen-bond acceptors (Lipinski definition) is 4. The van der Waals surface area contributed by atoms with Crippen molar-refractivity contribution in [3.05, 3.63) is 47.6 Å². The van der Waals surface area contributed by atoms with Gasteiger partial charge >= 0.3 is 11.9 Å². The molecule has 0 saturated carbocycles. The fourth-order valence-corrected chi connectivity index (χ4v) is 1.64. The number of rotatable bonds is 6. The Labute approximate surface area is 137 Å². The summed E-state index contributed by atoms with van der Waals surface area (Å²) in [6.45, 7) is 2.71. The van der Waals surface area contributed by atoms with Gasteiger partial charge in [0.15, 0.2) is 0 Å². The van der Waals surface area contributed by atoms with Crippen molar-refractivity contribution in [3.63, 3.8) is 0 Å². The molecule has 4 N–H and O–H groups in total. The molecule has 126 valence electrons. The maximum Gasteiger partial charge on any atom is 0.328 e. The fourth-order valence-electron chi connectivity index (χ4n) is 1.64. The lowest BCUT2D eigenvalue weighted by Gasteiger charge is -2.09. The van der Waals surface area contributed by atoms with Gasteiger partial charge < -0.3 is 20.8 Å². The van der Waals surface area contributed by atoms with Gasteiger partial charge in [0.05, 0.1) is 0 Å². The van der Waals surface area contributed by atoms with Crippen LogP contribution in [0.2, 0.25) is 0 Å². The van der Waals surface area contributed by atoms with Gasteiger partial charge in [-0.25, -0.2) is 9.59 Å². The molecule has 0 aromatic heterocycles. The highest BCUT2D eigenvalue weighted by atomic mass is 16.4. The maximum atomic E-state index is 11.8. The van der Waals surface area contributed by atoms with Crippen molar-refractivity contribution in [2.24, 2.45) is 0 Å². The number of amides is 2. The minimum atomic E-state index is -1.23. The Morgan fingerprint density at radius 2 is 1.21 bits per heavy atom. The zero-order valence-corrected chi connectivity index (χ0v) is 13.0. The average molecular weight is 332 g/mol. The van der Waals surface area contributed by atoms with E-state index in [1.165, 1.54) is 19.9 Å². The second kappa shape index (κ2) is 8.28. The Balaban J connectivity index is 2.84. The van der Waals surface area contributed by atoms with Crippen LogP contribution in [0.1, 0.15) is 13.8 Å². The smallest absolute Gasteiger partial charge is 0.328 e. The van der Waals surface area contributed by atoms with Crippen molar-refractivity contribution >= 4 is 35.1 Å². The van der Waals surface area contributed by atoms with Gasteiger partial charge in [0.1, 0.15) is 0 Å². The van der Waals surface area contributed by atoms with Gasteiger partial charge in [-0.15, -0.1) is 0 Å². The van der Waals surface area contributed by atoms with Crippen LogP contribution < -0.4 is 10.6 Å². The van der Waals surface area contributed by atoms with Crippen molar-refractivity contribution in [2.45, 2.75) is 13.8 Å². The molecule has 0 aliphatic carbocycles. The lowest BCUT2D eigenvalue weighted by molar-refractivity contribution is -0.132. The predicted octanol–water partition coefficient (Wildman–Crippen LogP) is 1.63. The number of anilines is 2. The molecule has 0 saturated heterocycles. The molecular formula is C16H16N2O6. The molecule has 1 rings (SSSR count). The SMILES string of the molecule is C/C(=C/C(=O)O)C(=O)Nc1cccc(NC(=O)/C(C)=C\C(=O)O)c1. The number of nitrogens with one attached hydrogen (secondary N) is 2. The molecule has 8 heteroatoms. The van der Waals surface area contributed by atoms with Gasteiger partial charge in [-0.3, -0.25) is 9.59 Å². The summed E-state index contributed by atoms with van der Waals surface area (Å²) in [4.78, 5) is 44.7. The quantitative estimate of drug-likeness (QED) is 0.585. The van der Waals surface area contributed by atoms with Crippen LogP contribution in [0.4, 0.5) is 11.4 Å². The second-order valence-electron chi connectivity index (χ2n) is 4.82. The molecule has 0 unspecified atom stereocenters. The average Bonchev–Trinajstić information content (AvgIpc) is 2.46. The van der Waals surface area contributed by atoms with Crippen LogP contribution in [0.25, 0.3) is 0 Å². The third-order valence-electron chi connectivity index (χ3n) is 2.77. The standard InChI is InChI=1S/C16H16N2O6/c1-9(6-13(19)20)15(23)17-11-4-3-5-12(8-11)18-16(24)10(2)7-14(21)22/h3-8H,1-2H3,(H,17,23)(H,18,24)(H,19,20)(H,21,22)/b9-6-,10-7-. The van der Waals surface area contributed by atoms with E-state index in [1.54, 1.807) is 18.2 Å². The van der Waals surface area contributed by atoms with Gasteiger partial charge in [0.2, 0.25) is 0 Å². The van der Waals surface area contributed by atoms with Crippen molar-refractivity contribution < 1.29 is 29.4 Å². The van der Waals surface area contributed by atoms with E-state index in [4.69, 9.17) is 10.2 Å². The molecule has 0 fully saturated rings. The highest BCUT2D eigenvalue weighted by molar-refractivity contribution is 6.08. The number of carboxylic acids is 2. The summed E-state index contributed by atoms with van der Waals surface area (Å²) in [7, 11) is 0. The summed E-state index contributed by atoms with van der Waals surface area (Å²) < 4.78 is 0. The van der Waals surface area contributed by atoms with Crippen LogP contribution >= 0.6 is 0 Å². The summed E-state index contributed by atoms with van der Waals surface area (Å²) in [5.74, 6) is -3.65. The first-order chi connectivity index (χ1) is 11.2. The molecule has 0 atom stereocenters. The van der Waals surface area contributed by atoms with Crippen LogP contribution in [-0.2, 0) is 19.2 Å². The number of hydrogen-bond donors (Lipinski definition) is 4. The number of carbonyl (C=O) groups is 4. The Bertz CT molecular complexity index is 689. The van der Waals surface area contributed by atoms with Crippen LogP contribution in [0.3, 0.4) is 0 Å². The zero-order chi connectivity index (χ0) is 18.3. The fraction of sp³-hybridized carbons (Fsp3) is 0.125. The molecule has 2 amide bonds. The van der Waals surface area contributed by atoms with Crippen molar-refractivity contribution in [3.8, 4) is 0 Å². The van der Waals surface area contributed by atoms with Gasteiger partial charge in [0.25, 0.3) is 11.8 Å². The molecule has 0 aliphatic rings.